The SMILES string of the molecule is Cc1cc(C)cc(N(c2ccccc2)c2ccc(/C=C/c3ccc4c(c3)C(C)(C)c3cc(Br)ccc3-4)cc2)c1. The number of benzene rings is 5. The zero-order chi connectivity index (χ0) is 27.1. The van der Waals surface area contributed by atoms with Gasteiger partial charge in [-0.2, -0.15) is 0 Å². The Kier molecular flexibility index (Phi) is 6.53. The van der Waals surface area contributed by atoms with E-state index in [1.54, 1.807) is 0 Å². The van der Waals surface area contributed by atoms with Crippen LogP contribution < -0.4 is 4.90 Å². The van der Waals surface area contributed by atoms with Crippen molar-refractivity contribution in [3.8, 4) is 11.1 Å². The van der Waals surface area contributed by atoms with Gasteiger partial charge in [-0.05, 0) is 107 Å². The second-order valence-corrected chi connectivity index (χ2v) is 12.0. The summed E-state index contributed by atoms with van der Waals surface area (Å²) in [5.74, 6) is 0. The van der Waals surface area contributed by atoms with Crippen LogP contribution in [0.1, 0.15) is 47.2 Å². The Hall–Kier alpha value is -3.88. The summed E-state index contributed by atoms with van der Waals surface area (Å²) in [7, 11) is 0. The molecule has 0 atom stereocenters. The van der Waals surface area contributed by atoms with Gasteiger partial charge in [-0.25, -0.2) is 0 Å². The molecule has 0 saturated carbocycles. The highest BCUT2D eigenvalue weighted by atomic mass is 79.9. The first kappa shape index (κ1) is 25.4. The second kappa shape index (κ2) is 10.0. The summed E-state index contributed by atoms with van der Waals surface area (Å²) in [5, 5.41) is 0. The van der Waals surface area contributed by atoms with Gasteiger partial charge in [0.05, 0.1) is 0 Å². The van der Waals surface area contributed by atoms with Crippen molar-refractivity contribution in [1.29, 1.82) is 0 Å². The lowest BCUT2D eigenvalue weighted by Crippen LogP contribution is -2.15. The van der Waals surface area contributed by atoms with Crippen LogP contribution in [0.15, 0.2) is 114 Å². The lowest BCUT2D eigenvalue weighted by molar-refractivity contribution is 0.660. The molecule has 2 heteroatoms. The molecule has 0 amide bonds. The van der Waals surface area contributed by atoms with Crippen molar-refractivity contribution in [2.45, 2.75) is 33.1 Å². The molecule has 0 heterocycles. The van der Waals surface area contributed by atoms with Crippen LogP contribution >= 0.6 is 15.9 Å². The first-order valence-corrected chi connectivity index (χ1v) is 14.3. The number of hydrogen-bond donors (Lipinski definition) is 0. The normalized spacial score (nSPS) is 13.4. The minimum Gasteiger partial charge on any atom is -0.310 e. The largest absolute Gasteiger partial charge is 0.310 e. The summed E-state index contributed by atoms with van der Waals surface area (Å²) in [5.41, 5.74) is 13.8. The van der Waals surface area contributed by atoms with Gasteiger partial charge in [-0.3, -0.25) is 0 Å². The van der Waals surface area contributed by atoms with Crippen LogP contribution in [-0.4, -0.2) is 0 Å². The number of nitrogens with zero attached hydrogens (tertiary/aromatic N) is 1. The molecule has 5 aromatic carbocycles. The Balaban J connectivity index is 1.29. The van der Waals surface area contributed by atoms with Crippen LogP contribution in [0.2, 0.25) is 0 Å². The lowest BCUT2D eigenvalue weighted by Gasteiger charge is -2.26. The van der Waals surface area contributed by atoms with Gasteiger partial charge in [0.2, 0.25) is 0 Å². The molecule has 0 radical (unpaired) electrons. The Morgan fingerprint density at radius 3 is 1.82 bits per heavy atom. The summed E-state index contributed by atoms with van der Waals surface area (Å²) in [6, 6.07) is 39.6. The smallest absolute Gasteiger partial charge is 0.0466 e. The van der Waals surface area contributed by atoms with Gasteiger partial charge in [0.1, 0.15) is 0 Å². The first-order valence-electron chi connectivity index (χ1n) is 13.5. The minimum absolute atomic E-state index is 0.0189. The van der Waals surface area contributed by atoms with E-state index >= 15 is 0 Å². The predicted octanol–water partition coefficient (Wildman–Crippen LogP) is 11.0. The van der Waals surface area contributed by atoms with E-state index in [0.29, 0.717) is 0 Å². The van der Waals surface area contributed by atoms with E-state index < -0.39 is 0 Å². The molecule has 0 fully saturated rings. The average molecular weight is 571 g/mol. The van der Waals surface area contributed by atoms with Crippen molar-refractivity contribution in [3.05, 3.63) is 147 Å². The number of fused-ring (bicyclic) bond motifs is 3. The van der Waals surface area contributed by atoms with Gasteiger partial charge in [-0.15, -0.1) is 0 Å². The summed E-state index contributed by atoms with van der Waals surface area (Å²) in [6.07, 6.45) is 4.43. The summed E-state index contributed by atoms with van der Waals surface area (Å²) >= 11 is 3.66. The summed E-state index contributed by atoms with van der Waals surface area (Å²) in [6.45, 7) is 8.96. The molecular weight excluding hydrogens is 538 g/mol. The van der Waals surface area contributed by atoms with Gasteiger partial charge >= 0.3 is 0 Å². The standard InChI is InChI=1S/C37H32BrN/c1-25-20-26(2)22-32(21-25)39(30-8-6-5-7-9-30)31-16-12-27(13-17-31)10-11-28-14-18-33-34-19-15-29(38)24-36(34)37(3,4)35(33)23-28/h5-24H,1-4H3/b11-10+. The fraction of sp³-hybridized carbons (Fsp3) is 0.135. The van der Waals surface area contributed by atoms with Crippen molar-refractivity contribution in [2.24, 2.45) is 0 Å². The Morgan fingerprint density at radius 2 is 1.13 bits per heavy atom. The van der Waals surface area contributed by atoms with E-state index in [0.717, 1.165) is 15.8 Å². The molecule has 0 aliphatic heterocycles. The first-order chi connectivity index (χ1) is 18.8. The quantitative estimate of drug-likeness (QED) is 0.190. The van der Waals surface area contributed by atoms with Crippen molar-refractivity contribution in [3.63, 3.8) is 0 Å². The average Bonchev–Trinajstić information content (AvgIpc) is 3.14. The molecule has 5 aromatic rings. The van der Waals surface area contributed by atoms with Crippen molar-refractivity contribution >= 4 is 45.1 Å². The van der Waals surface area contributed by atoms with Crippen molar-refractivity contribution in [2.75, 3.05) is 4.90 Å². The molecule has 39 heavy (non-hydrogen) atoms. The Morgan fingerprint density at radius 1 is 0.564 bits per heavy atom. The zero-order valence-corrected chi connectivity index (χ0v) is 24.5. The van der Waals surface area contributed by atoms with E-state index in [1.807, 2.05) is 0 Å². The van der Waals surface area contributed by atoms with E-state index in [-0.39, 0.29) is 5.41 Å². The number of para-hydroxylation sites is 1. The maximum Gasteiger partial charge on any atom is 0.0466 e. The zero-order valence-electron chi connectivity index (χ0n) is 22.9. The molecular formula is C37H32BrN. The Labute approximate surface area is 240 Å². The molecule has 1 nitrogen and oxygen atoms in total. The van der Waals surface area contributed by atoms with Gasteiger partial charge in [0.15, 0.2) is 0 Å². The van der Waals surface area contributed by atoms with Crippen LogP contribution in [0, 0.1) is 13.8 Å². The van der Waals surface area contributed by atoms with Crippen LogP contribution in [0.4, 0.5) is 17.1 Å². The van der Waals surface area contributed by atoms with Crippen LogP contribution in [0.3, 0.4) is 0 Å². The van der Waals surface area contributed by atoms with Gasteiger partial charge in [0, 0.05) is 26.9 Å². The molecule has 0 saturated heterocycles. The number of rotatable bonds is 5. The van der Waals surface area contributed by atoms with E-state index in [1.165, 1.54) is 50.2 Å². The second-order valence-electron chi connectivity index (χ2n) is 11.1. The van der Waals surface area contributed by atoms with Gasteiger partial charge in [-0.1, -0.05) is 103 Å². The Bertz CT molecular complexity index is 1670. The van der Waals surface area contributed by atoms with Crippen LogP contribution in [-0.2, 0) is 5.41 Å². The number of halogens is 1. The highest BCUT2D eigenvalue weighted by molar-refractivity contribution is 9.10. The fourth-order valence-corrected chi connectivity index (χ4v) is 6.22. The van der Waals surface area contributed by atoms with E-state index in [2.05, 4.69) is 170 Å². The van der Waals surface area contributed by atoms with E-state index in [9.17, 15) is 0 Å². The molecule has 1 aliphatic rings. The molecule has 6 rings (SSSR count). The summed E-state index contributed by atoms with van der Waals surface area (Å²) < 4.78 is 1.13. The topological polar surface area (TPSA) is 3.24 Å². The van der Waals surface area contributed by atoms with Crippen molar-refractivity contribution in [1.82, 2.24) is 0 Å². The lowest BCUT2D eigenvalue weighted by atomic mass is 9.82. The van der Waals surface area contributed by atoms with E-state index in [4.69, 9.17) is 0 Å². The monoisotopic (exact) mass is 569 g/mol. The van der Waals surface area contributed by atoms with Crippen LogP contribution in [0.25, 0.3) is 23.3 Å². The third-order valence-corrected chi connectivity index (χ3v) is 8.25. The fourth-order valence-electron chi connectivity index (χ4n) is 5.86. The predicted molar refractivity (Wildman–Crippen MR) is 171 cm³/mol. The van der Waals surface area contributed by atoms with Crippen molar-refractivity contribution < 1.29 is 0 Å². The van der Waals surface area contributed by atoms with Gasteiger partial charge < -0.3 is 4.90 Å². The molecule has 192 valence electrons. The number of anilines is 3. The number of hydrogen-bond acceptors (Lipinski definition) is 1. The van der Waals surface area contributed by atoms with Crippen LogP contribution in [0.5, 0.6) is 0 Å². The minimum atomic E-state index is -0.0189. The summed E-state index contributed by atoms with van der Waals surface area (Å²) in [4.78, 5) is 2.33. The molecule has 0 bridgehead atoms. The van der Waals surface area contributed by atoms with Gasteiger partial charge in [0.25, 0.3) is 0 Å². The highest BCUT2D eigenvalue weighted by Crippen LogP contribution is 2.49. The maximum atomic E-state index is 3.66. The third-order valence-electron chi connectivity index (χ3n) is 7.76. The third kappa shape index (κ3) is 4.86. The molecule has 0 aromatic heterocycles. The molecule has 0 unspecified atom stereocenters. The molecule has 0 N–H and O–H groups in total. The molecule has 0 spiro atoms. The highest BCUT2D eigenvalue weighted by Gasteiger charge is 2.35. The number of aryl methyl sites for hydroxylation is 2. The molecule has 1 aliphatic carbocycles. The maximum absolute atomic E-state index is 3.66.